The Labute approximate surface area is 150 Å². The number of hydrogen-bond donors (Lipinski definition) is 3. The Bertz CT molecular complexity index is 860. The van der Waals surface area contributed by atoms with Gasteiger partial charge in [-0.2, -0.15) is 0 Å². The molecule has 0 radical (unpaired) electrons. The zero-order chi connectivity index (χ0) is 18.3. The number of halogens is 1. The zero-order valence-electron chi connectivity index (χ0n) is 14.4. The Balaban J connectivity index is 1.44. The molecule has 2 saturated heterocycles. The van der Waals surface area contributed by atoms with E-state index in [0.29, 0.717) is 23.9 Å². The smallest absolute Gasteiger partial charge is 0.189 e. The molecular weight excluding hydrogens is 339 g/mol. The maximum atomic E-state index is 13.3. The molecule has 1 spiro atoms. The van der Waals surface area contributed by atoms with Gasteiger partial charge in [0.25, 0.3) is 0 Å². The van der Waals surface area contributed by atoms with Crippen molar-refractivity contribution in [3.8, 4) is 0 Å². The minimum atomic E-state index is -0.800. The minimum absolute atomic E-state index is 0.176. The van der Waals surface area contributed by atoms with Gasteiger partial charge in [-0.15, -0.1) is 0 Å². The molecule has 2 aromatic rings. The molecule has 2 atom stereocenters. The zero-order valence-corrected chi connectivity index (χ0v) is 14.4. The van der Waals surface area contributed by atoms with Gasteiger partial charge in [0.15, 0.2) is 5.43 Å². The second-order valence-electron chi connectivity index (χ2n) is 7.46. The van der Waals surface area contributed by atoms with Crippen LogP contribution in [0.5, 0.6) is 0 Å². The van der Waals surface area contributed by atoms with Crippen molar-refractivity contribution >= 4 is 10.9 Å². The molecule has 3 N–H and O–H groups in total. The summed E-state index contributed by atoms with van der Waals surface area (Å²) in [4.78, 5) is 17.7. The van der Waals surface area contributed by atoms with E-state index in [2.05, 4.69) is 9.88 Å². The number of nitrogens with zero attached hydrogens (tertiary/aromatic N) is 1. The quantitative estimate of drug-likeness (QED) is 0.746. The average Bonchev–Trinajstić information content (AvgIpc) is 2.62. The Hall–Kier alpha value is -1.80. The molecule has 6 nitrogen and oxygen atoms in total. The van der Waals surface area contributed by atoms with Gasteiger partial charge in [0, 0.05) is 48.7 Å². The lowest BCUT2D eigenvalue weighted by Gasteiger charge is -2.46. The first-order valence-corrected chi connectivity index (χ1v) is 8.98. The standard InChI is InChI=1S/C19H23FN2O4/c20-12-1-2-15-14(7-12)16(23)8-13(21-15)10-22-5-3-19(4-6-22)9-17(24)18(25)11-26-19/h1-2,7-8,17-18,24-25H,3-6,9-11H2,(H,21,23)/t17-,18+/m1/s1. The van der Waals surface area contributed by atoms with Crippen LogP contribution >= 0.6 is 0 Å². The number of aliphatic hydroxyl groups is 2. The van der Waals surface area contributed by atoms with Gasteiger partial charge >= 0.3 is 0 Å². The van der Waals surface area contributed by atoms with E-state index in [0.717, 1.165) is 31.6 Å². The van der Waals surface area contributed by atoms with Crippen LogP contribution in [0.2, 0.25) is 0 Å². The molecular formula is C19H23FN2O4. The van der Waals surface area contributed by atoms with Crippen LogP contribution in [0.15, 0.2) is 29.1 Å². The third kappa shape index (κ3) is 3.40. The van der Waals surface area contributed by atoms with Crippen LogP contribution in [0, 0.1) is 5.82 Å². The number of aromatic amines is 1. The van der Waals surface area contributed by atoms with Crippen LogP contribution in [0.25, 0.3) is 10.9 Å². The van der Waals surface area contributed by atoms with Crippen molar-refractivity contribution in [2.45, 2.75) is 43.6 Å². The highest BCUT2D eigenvalue weighted by Crippen LogP contribution is 2.35. The van der Waals surface area contributed by atoms with Crippen LogP contribution in [-0.4, -0.2) is 57.6 Å². The van der Waals surface area contributed by atoms with Gasteiger partial charge in [-0.1, -0.05) is 0 Å². The first-order valence-electron chi connectivity index (χ1n) is 8.98. The fraction of sp³-hybridized carbons (Fsp3) is 0.526. The molecule has 0 amide bonds. The van der Waals surface area contributed by atoms with Gasteiger partial charge in [0.1, 0.15) is 11.9 Å². The van der Waals surface area contributed by atoms with Crippen LogP contribution < -0.4 is 5.43 Å². The molecule has 0 unspecified atom stereocenters. The van der Waals surface area contributed by atoms with E-state index in [9.17, 15) is 19.4 Å². The largest absolute Gasteiger partial charge is 0.390 e. The van der Waals surface area contributed by atoms with Crippen LogP contribution in [-0.2, 0) is 11.3 Å². The van der Waals surface area contributed by atoms with E-state index in [1.54, 1.807) is 6.07 Å². The van der Waals surface area contributed by atoms with Crippen molar-refractivity contribution in [1.82, 2.24) is 9.88 Å². The molecule has 4 rings (SSSR count). The number of piperidine rings is 1. The number of rotatable bonds is 2. The number of benzene rings is 1. The van der Waals surface area contributed by atoms with Crippen molar-refractivity contribution in [1.29, 1.82) is 0 Å². The Morgan fingerprint density at radius 3 is 2.73 bits per heavy atom. The maximum absolute atomic E-state index is 13.3. The van der Waals surface area contributed by atoms with Crippen molar-refractivity contribution in [2.75, 3.05) is 19.7 Å². The van der Waals surface area contributed by atoms with Gasteiger partial charge in [-0.3, -0.25) is 9.69 Å². The maximum Gasteiger partial charge on any atom is 0.189 e. The number of likely N-dealkylation sites (tertiary alicyclic amines) is 1. The number of nitrogens with one attached hydrogen (secondary N) is 1. The summed E-state index contributed by atoms with van der Waals surface area (Å²) < 4.78 is 19.2. The van der Waals surface area contributed by atoms with Crippen molar-refractivity contribution in [2.24, 2.45) is 0 Å². The number of hydrogen-bond acceptors (Lipinski definition) is 5. The predicted molar refractivity (Wildman–Crippen MR) is 94.4 cm³/mol. The van der Waals surface area contributed by atoms with E-state index in [1.807, 2.05) is 0 Å². The second-order valence-corrected chi connectivity index (χ2v) is 7.46. The summed E-state index contributed by atoms with van der Waals surface area (Å²) in [6, 6.07) is 5.71. The fourth-order valence-electron chi connectivity index (χ4n) is 4.02. The van der Waals surface area contributed by atoms with Gasteiger partial charge < -0.3 is 19.9 Å². The predicted octanol–water partition coefficient (Wildman–Crippen LogP) is 1.14. The number of ether oxygens (including phenoxy) is 1. The number of H-pyrrole nitrogens is 1. The molecule has 2 aliphatic heterocycles. The molecule has 0 saturated carbocycles. The van der Waals surface area contributed by atoms with E-state index in [-0.39, 0.29) is 17.6 Å². The molecule has 2 aliphatic rings. The SMILES string of the molecule is O=c1cc(CN2CCC3(CC2)C[C@@H](O)[C@@H](O)CO3)[nH]c2ccc(F)cc12. The Morgan fingerprint density at radius 2 is 2.00 bits per heavy atom. The summed E-state index contributed by atoms with van der Waals surface area (Å²) in [5.74, 6) is -0.420. The summed E-state index contributed by atoms with van der Waals surface area (Å²) in [6.07, 6.45) is 0.485. The minimum Gasteiger partial charge on any atom is -0.390 e. The first kappa shape index (κ1) is 17.6. The van der Waals surface area contributed by atoms with E-state index >= 15 is 0 Å². The lowest BCUT2D eigenvalue weighted by Crippen LogP contribution is -2.54. The topological polar surface area (TPSA) is 85.8 Å². The first-order chi connectivity index (χ1) is 12.4. The lowest BCUT2D eigenvalue weighted by atomic mass is 9.82. The summed E-state index contributed by atoms with van der Waals surface area (Å²) in [5.41, 5.74) is 0.887. The summed E-state index contributed by atoms with van der Waals surface area (Å²) in [5, 5.41) is 19.9. The Kier molecular flexibility index (Phi) is 4.56. The molecule has 0 bridgehead atoms. The van der Waals surface area contributed by atoms with Gasteiger partial charge in [0.2, 0.25) is 0 Å². The highest BCUT2D eigenvalue weighted by molar-refractivity contribution is 5.78. The molecule has 1 aromatic carbocycles. The third-order valence-corrected chi connectivity index (χ3v) is 5.59. The van der Waals surface area contributed by atoms with Crippen LogP contribution in [0.3, 0.4) is 0 Å². The number of pyridine rings is 1. The van der Waals surface area contributed by atoms with Crippen molar-refractivity contribution in [3.63, 3.8) is 0 Å². The molecule has 1 aromatic heterocycles. The summed E-state index contributed by atoms with van der Waals surface area (Å²) >= 11 is 0. The molecule has 26 heavy (non-hydrogen) atoms. The van der Waals surface area contributed by atoms with Crippen molar-refractivity contribution in [3.05, 3.63) is 46.0 Å². The molecule has 7 heteroatoms. The molecule has 140 valence electrons. The average molecular weight is 362 g/mol. The van der Waals surface area contributed by atoms with Crippen LogP contribution in [0.4, 0.5) is 4.39 Å². The highest BCUT2D eigenvalue weighted by Gasteiger charge is 2.42. The van der Waals surface area contributed by atoms with E-state index in [1.165, 1.54) is 18.2 Å². The van der Waals surface area contributed by atoms with Gasteiger partial charge in [-0.25, -0.2) is 4.39 Å². The van der Waals surface area contributed by atoms with Gasteiger partial charge in [-0.05, 0) is 31.0 Å². The normalized spacial score (nSPS) is 26.4. The molecule has 2 fully saturated rings. The van der Waals surface area contributed by atoms with E-state index in [4.69, 9.17) is 4.74 Å². The number of aliphatic hydroxyl groups excluding tert-OH is 2. The van der Waals surface area contributed by atoms with Crippen molar-refractivity contribution < 1.29 is 19.3 Å². The monoisotopic (exact) mass is 362 g/mol. The highest BCUT2D eigenvalue weighted by atomic mass is 19.1. The Morgan fingerprint density at radius 1 is 1.23 bits per heavy atom. The number of fused-ring (bicyclic) bond motifs is 1. The molecule has 0 aliphatic carbocycles. The summed E-state index contributed by atoms with van der Waals surface area (Å²) in [7, 11) is 0. The second kappa shape index (κ2) is 6.74. The van der Waals surface area contributed by atoms with Gasteiger partial charge in [0.05, 0.1) is 18.3 Å². The van der Waals surface area contributed by atoms with E-state index < -0.39 is 18.0 Å². The lowest BCUT2D eigenvalue weighted by molar-refractivity contribution is -0.188. The third-order valence-electron chi connectivity index (χ3n) is 5.59. The fourth-order valence-corrected chi connectivity index (χ4v) is 4.02. The van der Waals surface area contributed by atoms with Crippen LogP contribution in [0.1, 0.15) is 25.0 Å². The number of aromatic nitrogens is 1. The molecule has 3 heterocycles. The summed E-state index contributed by atoms with van der Waals surface area (Å²) in [6.45, 7) is 2.35.